The fraction of sp³-hybridized carbons (Fsp3) is 0.211. The lowest BCUT2D eigenvalue weighted by molar-refractivity contribution is -0.384. The van der Waals surface area contributed by atoms with Gasteiger partial charge >= 0.3 is 0 Å². The standard InChI is InChI=1S/C19H16BrN3O3/c20-17-4-2-15(3-5-17)16(13-21)11-14-1-6-18(19(12-14)23(24)25)22-7-9-26-10-8-22/h1-6,11-12H,7-10H2/b16-11-. The third-order valence-corrected chi connectivity index (χ3v) is 4.66. The average Bonchev–Trinajstić information content (AvgIpc) is 2.67. The summed E-state index contributed by atoms with van der Waals surface area (Å²) >= 11 is 3.36. The largest absolute Gasteiger partial charge is 0.378 e. The van der Waals surface area contributed by atoms with E-state index in [0.29, 0.717) is 43.1 Å². The van der Waals surface area contributed by atoms with Crippen molar-refractivity contribution in [3.63, 3.8) is 0 Å². The monoisotopic (exact) mass is 413 g/mol. The maximum absolute atomic E-state index is 11.5. The second-order valence-corrected chi connectivity index (χ2v) is 6.70. The van der Waals surface area contributed by atoms with E-state index in [9.17, 15) is 15.4 Å². The molecule has 3 rings (SSSR count). The van der Waals surface area contributed by atoms with Crippen LogP contribution in [0.2, 0.25) is 0 Å². The molecule has 2 aromatic rings. The van der Waals surface area contributed by atoms with Crippen LogP contribution in [0.25, 0.3) is 11.6 Å². The molecule has 1 aliphatic rings. The van der Waals surface area contributed by atoms with Gasteiger partial charge in [-0.1, -0.05) is 34.1 Å². The van der Waals surface area contributed by atoms with Gasteiger partial charge in [-0.3, -0.25) is 10.1 Å². The van der Waals surface area contributed by atoms with Crippen LogP contribution in [-0.4, -0.2) is 31.2 Å². The van der Waals surface area contributed by atoms with Gasteiger partial charge in [-0.05, 0) is 35.4 Å². The predicted octanol–water partition coefficient (Wildman–Crippen LogP) is 4.26. The molecule has 0 radical (unpaired) electrons. The van der Waals surface area contributed by atoms with Crippen molar-refractivity contribution < 1.29 is 9.66 Å². The minimum absolute atomic E-state index is 0.0359. The number of morpholine rings is 1. The normalized spacial score (nSPS) is 14.8. The Morgan fingerprint density at radius 3 is 2.54 bits per heavy atom. The second kappa shape index (κ2) is 8.13. The molecule has 0 bridgehead atoms. The van der Waals surface area contributed by atoms with Crippen LogP contribution in [0, 0.1) is 21.4 Å². The summed E-state index contributed by atoms with van der Waals surface area (Å²) in [5, 5.41) is 21.0. The van der Waals surface area contributed by atoms with Crippen LogP contribution in [0.1, 0.15) is 11.1 Å². The van der Waals surface area contributed by atoms with E-state index in [1.165, 1.54) is 6.07 Å². The smallest absolute Gasteiger partial charge is 0.293 e. The zero-order valence-electron chi connectivity index (χ0n) is 13.9. The van der Waals surface area contributed by atoms with Crippen LogP contribution >= 0.6 is 15.9 Å². The van der Waals surface area contributed by atoms with Crippen LogP contribution in [-0.2, 0) is 4.74 Å². The summed E-state index contributed by atoms with van der Waals surface area (Å²) in [5.41, 5.74) is 2.45. The third-order valence-electron chi connectivity index (χ3n) is 4.13. The highest BCUT2D eigenvalue weighted by Gasteiger charge is 2.21. The molecule has 2 aromatic carbocycles. The van der Waals surface area contributed by atoms with Gasteiger partial charge in [-0.15, -0.1) is 0 Å². The molecule has 0 aliphatic carbocycles. The summed E-state index contributed by atoms with van der Waals surface area (Å²) in [6.45, 7) is 2.36. The van der Waals surface area contributed by atoms with E-state index in [1.807, 2.05) is 29.2 Å². The third kappa shape index (κ3) is 4.10. The van der Waals surface area contributed by atoms with Crippen molar-refractivity contribution in [1.29, 1.82) is 5.26 Å². The molecule has 0 aromatic heterocycles. The molecule has 7 heteroatoms. The zero-order chi connectivity index (χ0) is 18.5. The lowest BCUT2D eigenvalue weighted by atomic mass is 10.0. The van der Waals surface area contributed by atoms with Gasteiger partial charge in [0, 0.05) is 23.6 Å². The molecule has 0 saturated carbocycles. The molecule has 0 spiro atoms. The number of hydrogen-bond acceptors (Lipinski definition) is 5. The summed E-state index contributed by atoms with van der Waals surface area (Å²) < 4.78 is 6.23. The van der Waals surface area contributed by atoms with Crippen LogP contribution < -0.4 is 4.90 Å². The highest BCUT2D eigenvalue weighted by molar-refractivity contribution is 9.10. The molecule has 1 heterocycles. The number of benzene rings is 2. The van der Waals surface area contributed by atoms with Crippen LogP contribution in [0.5, 0.6) is 0 Å². The summed E-state index contributed by atoms with van der Waals surface area (Å²) in [6.07, 6.45) is 1.67. The van der Waals surface area contributed by atoms with Gasteiger partial charge in [0.15, 0.2) is 0 Å². The summed E-state index contributed by atoms with van der Waals surface area (Å²) in [6, 6.07) is 14.6. The number of nitro benzene ring substituents is 1. The molecule has 0 N–H and O–H groups in total. The molecular formula is C19H16BrN3O3. The predicted molar refractivity (Wildman–Crippen MR) is 104 cm³/mol. The van der Waals surface area contributed by atoms with Gasteiger partial charge in [0.2, 0.25) is 0 Å². The number of anilines is 1. The fourth-order valence-corrected chi connectivity index (χ4v) is 3.09. The summed E-state index contributed by atoms with van der Waals surface area (Å²) in [5.74, 6) is 0. The quantitative estimate of drug-likeness (QED) is 0.323. The van der Waals surface area contributed by atoms with Gasteiger partial charge < -0.3 is 9.64 Å². The van der Waals surface area contributed by atoms with Gasteiger partial charge in [0.1, 0.15) is 5.69 Å². The maximum Gasteiger partial charge on any atom is 0.293 e. The fourth-order valence-electron chi connectivity index (χ4n) is 2.82. The molecule has 132 valence electrons. The molecule has 1 fully saturated rings. The van der Waals surface area contributed by atoms with E-state index < -0.39 is 0 Å². The van der Waals surface area contributed by atoms with Crippen molar-refractivity contribution in [2.45, 2.75) is 0 Å². The van der Waals surface area contributed by atoms with Gasteiger partial charge in [0.05, 0.1) is 29.8 Å². The molecule has 0 amide bonds. The maximum atomic E-state index is 11.5. The van der Waals surface area contributed by atoms with E-state index in [-0.39, 0.29) is 10.6 Å². The van der Waals surface area contributed by atoms with Crippen molar-refractivity contribution in [2.24, 2.45) is 0 Å². The van der Waals surface area contributed by atoms with Gasteiger partial charge in [0.25, 0.3) is 5.69 Å². The Bertz CT molecular complexity index is 882. The first-order valence-corrected chi connectivity index (χ1v) is 8.86. The van der Waals surface area contributed by atoms with Crippen molar-refractivity contribution >= 4 is 39.0 Å². The van der Waals surface area contributed by atoms with Gasteiger partial charge in [-0.25, -0.2) is 0 Å². The Morgan fingerprint density at radius 2 is 1.92 bits per heavy atom. The Balaban J connectivity index is 1.97. The summed E-state index contributed by atoms with van der Waals surface area (Å²) in [4.78, 5) is 13.1. The average molecular weight is 414 g/mol. The first kappa shape index (κ1) is 18.1. The van der Waals surface area contributed by atoms with E-state index in [4.69, 9.17) is 4.74 Å². The number of nitro groups is 1. The van der Waals surface area contributed by atoms with Gasteiger partial charge in [-0.2, -0.15) is 5.26 Å². The van der Waals surface area contributed by atoms with Crippen molar-refractivity contribution in [2.75, 3.05) is 31.2 Å². The lowest BCUT2D eigenvalue weighted by Crippen LogP contribution is -2.36. The minimum atomic E-state index is -0.381. The number of allylic oxidation sites excluding steroid dienone is 1. The SMILES string of the molecule is N#C/C(=C/c1ccc(N2CCOCC2)c([N+](=O)[O-])c1)c1ccc(Br)cc1. The number of nitriles is 1. The number of rotatable bonds is 4. The Morgan fingerprint density at radius 1 is 1.23 bits per heavy atom. The van der Waals surface area contributed by atoms with Crippen LogP contribution in [0.3, 0.4) is 0 Å². The highest BCUT2D eigenvalue weighted by atomic mass is 79.9. The Labute approximate surface area is 159 Å². The number of hydrogen-bond donors (Lipinski definition) is 0. The Kier molecular flexibility index (Phi) is 5.66. The first-order chi connectivity index (χ1) is 12.6. The molecule has 0 atom stereocenters. The van der Waals surface area contributed by atoms with Crippen LogP contribution in [0.15, 0.2) is 46.9 Å². The number of halogens is 1. The first-order valence-electron chi connectivity index (χ1n) is 8.07. The summed E-state index contributed by atoms with van der Waals surface area (Å²) in [7, 11) is 0. The van der Waals surface area contributed by atoms with E-state index in [1.54, 1.807) is 18.2 Å². The zero-order valence-corrected chi connectivity index (χ0v) is 15.5. The molecule has 1 aliphatic heterocycles. The Hall–Kier alpha value is -2.69. The lowest BCUT2D eigenvalue weighted by Gasteiger charge is -2.28. The number of ether oxygens (including phenoxy) is 1. The topological polar surface area (TPSA) is 79.4 Å². The molecule has 26 heavy (non-hydrogen) atoms. The van der Waals surface area contributed by atoms with Crippen molar-refractivity contribution in [1.82, 2.24) is 0 Å². The molecule has 0 unspecified atom stereocenters. The molecule has 6 nitrogen and oxygen atoms in total. The number of nitrogens with zero attached hydrogens (tertiary/aromatic N) is 3. The van der Waals surface area contributed by atoms with E-state index >= 15 is 0 Å². The second-order valence-electron chi connectivity index (χ2n) is 5.78. The minimum Gasteiger partial charge on any atom is -0.378 e. The molecule has 1 saturated heterocycles. The highest BCUT2D eigenvalue weighted by Crippen LogP contribution is 2.31. The van der Waals surface area contributed by atoms with Crippen molar-refractivity contribution in [3.05, 3.63) is 68.2 Å². The van der Waals surface area contributed by atoms with E-state index in [2.05, 4.69) is 22.0 Å². The molecular weight excluding hydrogens is 398 g/mol. The van der Waals surface area contributed by atoms with E-state index in [0.717, 1.165) is 10.0 Å². The van der Waals surface area contributed by atoms with Crippen LogP contribution in [0.4, 0.5) is 11.4 Å². The van der Waals surface area contributed by atoms with Crippen molar-refractivity contribution in [3.8, 4) is 6.07 Å².